The normalized spacial score (nSPS) is 15.0. The van der Waals surface area contributed by atoms with Crippen LogP contribution in [0.3, 0.4) is 0 Å². The van der Waals surface area contributed by atoms with E-state index in [-0.39, 0.29) is 0 Å². The van der Waals surface area contributed by atoms with Gasteiger partial charge in [-0.3, -0.25) is 0 Å². The first-order valence-electron chi connectivity index (χ1n) is 7.33. The standard InChI is InChI=1S/C16H19BrN4O/c1-11-9-13(17)3-4-14(11)20-15-10-16(19-12(2)18-15)21-5-7-22-8-6-21/h3-4,9-10H,5-8H2,1-2H3,(H,18,19,20). The molecule has 0 amide bonds. The maximum Gasteiger partial charge on any atom is 0.136 e. The Kier molecular flexibility index (Phi) is 4.59. The quantitative estimate of drug-likeness (QED) is 0.906. The second-order valence-electron chi connectivity index (χ2n) is 5.34. The Labute approximate surface area is 138 Å². The van der Waals surface area contributed by atoms with E-state index >= 15 is 0 Å². The molecule has 0 spiro atoms. The summed E-state index contributed by atoms with van der Waals surface area (Å²) >= 11 is 3.49. The summed E-state index contributed by atoms with van der Waals surface area (Å²) in [4.78, 5) is 11.3. The molecule has 0 aliphatic carbocycles. The molecule has 1 fully saturated rings. The molecule has 0 atom stereocenters. The predicted molar refractivity (Wildman–Crippen MR) is 92.0 cm³/mol. The molecule has 2 heterocycles. The minimum absolute atomic E-state index is 0.748. The molecule has 1 saturated heterocycles. The number of aryl methyl sites for hydroxylation is 2. The fourth-order valence-corrected chi connectivity index (χ4v) is 2.95. The highest BCUT2D eigenvalue weighted by Gasteiger charge is 2.14. The molecule has 22 heavy (non-hydrogen) atoms. The molecule has 0 radical (unpaired) electrons. The largest absolute Gasteiger partial charge is 0.378 e. The Morgan fingerprint density at radius 2 is 1.91 bits per heavy atom. The van der Waals surface area contributed by atoms with Crippen molar-refractivity contribution < 1.29 is 4.74 Å². The van der Waals surface area contributed by atoms with Crippen LogP contribution in [-0.4, -0.2) is 36.3 Å². The maximum atomic E-state index is 5.40. The lowest BCUT2D eigenvalue weighted by Crippen LogP contribution is -2.36. The van der Waals surface area contributed by atoms with Crippen LogP contribution >= 0.6 is 15.9 Å². The van der Waals surface area contributed by atoms with Gasteiger partial charge in [0.15, 0.2) is 0 Å². The lowest BCUT2D eigenvalue weighted by atomic mass is 10.2. The number of hydrogen-bond acceptors (Lipinski definition) is 5. The van der Waals surface area contributed by atoms with Crippen molar-refractivity contribution in [3.8, 4) is 0 Å². The van der Waals surface area contributed by atoms with Crippen LogP contribution in [0.1, 0.15) is 11.4 Å². The molecule has 1 aromatic carbocycles. The van der Waals surface area contributed by atoms with E-state index in [0.29, 0.717) is 0 Å². The summed E-state index contributed by atoms with van der Waals surface area (Å²) < 4.78 is 6.47. The minimum atomic E-state index is 0.748. The molecule has 0 unspecified atom stereocenters. The highest BCUT2D eigenvalue weighted by atomic mass is 79.9. The minimum Gasteiger partial charge on any atom is -0.378 e. The summed E-state index contributed by atoms with van der Waals surface area (Å²) in [6, 6.07) is 8.15. The fraction of sp³-hybridized carbons (Fsp3) is 0.375. The van der Waals surface area contributed by atoms with Crippen LogP contribution in [0, 0.1) is 13.8 Å². The van der Waals surface area contributed by atoms with E-state index in [9.17, 15) is 0 Å². The van der Waals surface area contributed by atoms with Gasteiger partial charge in [0.1, 0.15) is 17.5 Å². The van der Waals surface area contributed by atoms with E-state index in [2.05, 4.69) is 49.1 Å². The molecule has 5 nitrogen and oxygen atoms in total. The molecule has 0 saturated carbocycles. The fourth-order valence-electron chi connectivity index (χ4n) is 2.48. The van der Waals surface area contributed by atoms with Crippen LogP contribution in [0.4, 0.5) is 17.3 Å². The number of anilines is 3. The zero-order valence-electron chi connectivity index (χ0n) is 12.8. The highest BCUT2D eigenvalue weighted by Crippen LogP contribution is 2.25. The van der Waals surface area contributed by atoms with Gasteiger partial charge < -0.3 is 15.0 Å². The number of aromatic nitrogens is 2. The van der Waals surface area contributed by atoms with Crippen molar-refractivity contribution in [2.24, 2.45) is 0 Å². The van der Waals surface area contributed by atoms with Crippen molar-refractivity contribution in [2.75, 3.05) is 36.5 Å². The zero-order chi connectivity index (χ0) is 15.5. The lowest BCUT2D eigenvalue weighted by molar-refractivity contribution is 0.122. The number of morpholine rings is 1. The number of nitrogens with one attached hydrogen (secondary N) is 1. The molecule has 1 aliphatic heterocycles. The van der Waals surface area contributed by atoms with Crippen molar-refractivity contribution in [3.05, 3.63) is 40.1 Å². The molecule has 1 aromatic heterocycles. The first-order valence-corrected chi connectivity index (χ1v) is 8.13. The molecule has 0 bridgehead atoms. The van der Waals surface area contributed by atoms with Gasteiger partial charge in [-0.2, -0.15) is 0 Å². The average Bonchev–Trinajstić information content (AvgIpc) is 2.50. The predicted octanol–water partition coefficient (Wildman–Crippen LogP) is 3.44. The maximum absolute atomic E-state index is 5.40. The summed E-state index contributed by atoms with van der Waals surface area (Å²) in [5.74, 6) is 2.54. The van der Waals surface area contributed by atoms with Gasteiger partial charge in [0, 0.05) is 29.3 Å². The Morgan fingerprint density at radius 3 is 2.64 bits per heavy atom. The molecule has 6 heteroatoms. The van der Waals surface area contributed by atoms with Crippen LogP contribution in [-0.2, 0) is 4.74 Å². The van der Waals surface area contributed by atoms with E-state index in [1.165, 1.54) is 5.56 Å². The third-order valence-electron chi connectivity index (χ3n) is 3.61. The molecule has 1 N–H and O–H groups in total. The summed E-state index contributed by atoms with van der Waals surface area (Å²) in [7, 11) is 0. The Bertz CT molecular complexity index is 671. The third kappa shape index (κ3) is 3.56. The van der Waals surface area contributed by atoms with Gasteiger partial charge in [-0.05, 0) is 37.6 Å². The van der Waals surface area contributed by atoms with Crippen molar-refractivity contribution in [2.45, 2.75) is 13.8 Å². The number of rotatable bonds is 3. The van der Waals surface area contributed by atoms with E-state index in [1.54, 1.807) is 0 Å². The Balaban J connectivity index is 1.85. The van der Waals surface area contributed by atoms with E-state index in [4.69, 9.17) is 4.74 Å². The lowest BCUT2D eigenvalue weighted by Gasteiger charge is -2.28. The Hall–Kier alpha value is -1.66. The molecule has 1 aliphatic rings. The van der Waals surface area contributed by atoms with Crippen molar-refractivity contribution in [1.29, 1.82) is 0 Å². The zero-order valence-corrected chi connectivity index (χ0v) is 14.4. The van der Waals surface area contributed by atoms with Crippen LogP contribution in [0.25, 0.3) is 0 Å². The van der Waals surface area contributed by atoms with Gasteiger partial charge in [-0.15, -0.1) is 0 Å². The average molecular weight is 363 g/mol. The second-order valence-corrected chi connectivity index (χ2v) is 6.26. The summed E-state index contributed by atoms with van der Waals surface area (Å²) in [5.41, 5.74) is 2.22. The second kappa shape index (κ2) is 6.62. The third-order valence-corrected chi connectivity index (χ3v) is 4.10. The monoisotopic (exact) mass is 362 g/mol. The highest BCUT2D eigenvalue weighted by molar-refractivity contribution is 9.10. The summed E-state index contributed by atoms with van der Waals surface area (Å²) in [5, 5.41) is 3.39. The number of hydrogen-bond donors (Lipinski definition) is 1. The number of ether oxygens (including phenoxy) is 1. The summed E-state index contributed by atoms with van der Waals surface area (Å²) in [6.45, 7) is 7.23. The molecule has 2 aromatic rings. The SMILES string of the molecule is Cc1nc(Nc2ccc(Br)cc2C)cc(N2CCOCC2)n1. The van der Waals surface area contributed by atoms with Crippen LogP contribution in [0.5, 0.6) is 0 Å². The van der Waals surface area contributed by atoms with Gasteiger partial charge in [0.05, 0.1) is 13.2 Å². The number of benzene rings is 1. The van der Waals surface area contributed by atoms with Gasteiger partial charge in [-0.1, -0.05) is 15.9 Å². The molecular weight excluding hydrogens is 344 g/mol. The van der Waals surface area contributed by atoms with Gasteiger partial charge in [0.2, 0.25) is 0 Å². The first kappa shape index (κ1) is 15.2. The van der Waals surface area contributed by atoms with Gasteiger partial charge in [0.25, 0.3) is 0 Å². The smallest absolute Gasteiger partial charge is 0.136 e. The van der Waals surface area contributed by atoms with E-state index in [0.717, 1.165) is 53.9 Å². The molecule has 116 valence electrons. The van der Waals surface area contributed by atoms with Crippen LogP contribution in [0.2, 0.25) is 0 Å². The van der Waals surface area contributed by atoms with Crippen LogP contribution in [0.15, 0.2) is 28.7 Å². The van der Waals surface area contributed by atoms with Crippen LogP contribution < -0.4 is 10.2 Å². The number of nitrogens with zero attached hydrogens (tertiary/aromatic N) is 3. The van der Waals surface area contributed by atoms with Gasteiger partial charge >= 0.3 is 0 Å². The Morgan fingerprint density at radius 1 is 1.14 bits per heavy atom. The molecule has 3 rings (SSSR count). The van der Waals surface area contributed by atoms with E-state index < -0.39 is 0 Å². The van der Waals surface area contributed by atoms with Crippen molar-refractivity contribution in [3.63, 3.8) is 0 Å². The topological polar surface area (TPSA) is 50.3 Å². The summed E-state index contributed by atoms with van der Waals surface area (Å²) in [6.07, 6.45) is 0. The van der Waals surface area contributed by atoms with Crippen molar-refractivity contribution >= 4 is 33.3 Å². The number of halogens is 1. The molecular formula is C16H19BrN4O. The van der Waals surface area contributed by atoms with Crippen molar-refractivity contribution in [1.82, 2.24) is 9.97 Å². The van der Waals surface area contributed by atoms with E-state index in [1.807, 2.05) is 25.1 Å². The van der Waals surface area contributed by atoms with Gasteiger partial charge in [-0.25, -0.2) is 9.97 Å². The first-order chi connectivity index (χ1) is 10.6.